The van der Waals surface area contributed by atoms with Gasteiger partial charge in [-0.3, -0.25) is 4.79 Å². The molecule has 152 valence electrons. The van der Waals surface area contributed by atoms with Gasteiger partial charge in [-0.2, -0.15) is 0 Å². The molecule has 3 heterocycles. The van der Waals surface area contributed by atoms with Gasteiger partial charge < -0.3 is 15.4 Å². The Kier molecular flexibility index (Phi) is 5.36. The summed E-state index contributed by atoms with van der Waals surface area (Å²) in [6, 6.07) is 3.84. The van der Waals surface area contributed by atoms with Gasteiger partial charge in [-0.25, -0.2) is 9.97 Å². The fourth-order valence-corrected chi connectivity index (χ4v) is 5.03. The molecule has 8 heteroatoms. The maximum Gasteiger partial charge on any atom is 0.260 e. The highest BCUT2D eigenvalue weighted by Gasteiger charge is 2.26. The van der Waals surface area contributed by atoms with Crippen LogP contribution in [0.3, 0.4) is 0 Å². The molecule has 29 heavy (non-hydrogen) atoms. The van der Waals surface area contributed by atoms with Crippen molar-refractivity contribution in [1.29, 1.82) is 0 Å². The summed E-state index contributed by atoms with van der Waals surface area (Å²) in [5, 5.41) is 1.65. The van der Waals surface area contributed by atoms with Gasteiger partial charge in [0.25, 0.3) is 5.91 Å². The maximum absolute atomic E-state index is 12.8. The quantitative estimate of drug-likeness (QED) is 0.666. The Morgan fingerprint density at radius 2 is 2.17 bits per heavy atom. The summed E-state index contributed by atoms with van der Waals surface area (Å²) in [6.45, 7) is 7.28. The standard InChI is InChI=1S/C21H23ClN4O2S/c1-11(2)14-7-15(22)12(3)6-16(14)28-9-18(27)26-5-4-13-17(8-26)29-21-19(13)20(23)24-10-25-21/h6-7,10-11H,4-5,8-9H2,1-3H3,(H2,23,24,25). The lowest BCUT2D eigenvalue weighted by Crippen LogP contribution is -2.38. The van der Waals surface area contributed by atoms with Crippen LogP contribution in [0.5, 0.6) is 5.75 Å². The number of fused-ring (bicyclic) bond motifs is 3. The van der Waals surface area contributed by atoms with E-state index < -0.39 is 0 Å². The third kappa shape index (κ3) is 3.76. The van der Waals surface area contributed by atoms with Crippen LogP contribution in [0.4, 0.5) is 5.82 Å². The number of anilines is 1. The molecule has 1 aliphatic rings. The first-order valence-electron chi connectivity index (χ1n) is 9.56. The van der Waals surface area contributed by atoms with Crippen LogP contribution >= 0.6 is 22.9 Å². The molecule has 0 radical (unpaired) electrons. The van der Waals surface area contributed by atoms with E-state index in [2.05, 4.69) is 23.8 Å². The van der Waals surface area contributed by atoms with E-state index in [9.17, 15) is 4.79 Å². The number of nitrogens with zero attached hydrogens (tertiary/aromatic N) is 3. The summed E-state index contributed by atoms with van der Waals surface area (Å²) >= 11 is 7.84. The van der Waals surface area contributed by atoms with E-state index in [0.29, 0.717) is 23.9 Å². The van der Waals surface area contributed by atoms with Crippen LogP contribution in [0.2, 0.25) is 5.02 Å². The summed E-state index contributed by atoms with van der Waals surface area (Å²) in [4.78, 5) is 25.1. The molecular weight excluding hydrogens is 408 g/mol. The van der Waals surface area contributed by atoms with Crippen molar-refractivity contribution in [1.82, 2.24) is 14.9 Å². The molecule has 0 atom stereocenters. The molecule has 1 aromatic carbocycles. The van der Waals surface area contributed by atoms with Crippen LogP contribution in [-0.4, -0.2) is 33.9 Å². The number of carbonyl (C=O) groups is 1. The minimum atomic E-state index is -0.0329. The predicted octanol–water partition coefficient (Wildman–Crippen LogP) is 4.32. The summed E-state index contributed by atoms with van der Waals surface area (Å²) in [6.07, 6.45) is 2.23. The number of benzene rings is 1. The SMILES string of the molecule is Cc1cc(OCC(=O)N2CCc3c(sc4ncnc(N)c34)C2)c(C(C)C)cc1Cl. The van der Waals surface area contributed by atoms with E-state index in [1.807, 2.05) is 24.0 Å². The van der Waals surface area contributed by atoms with Gasteiger partial charge in [0, 0.05) is 16.4 Å². The van der Waals surface area contributed by atoms with Crippen molar-refractivity contribution in [2.75, 3.05) is 18.9 Å². The second-order valence-corrected chi connectivity index (χ2v) is 9.08. The fraction of sp³-hybridized carbons (Fsp3) is 0.381. The molecule has 0 saturated heterocycles. The summed E-state index contributed by atoms with van der Waals surface area (Å²) in [7, 11) is 0. The predicted molar refractivity (Wildman–Crippen MR) is 117 cm³/mol. The van der Waals surface area contributed by atoms with Crippen molar-refractivity contribution in [2.24, 2.45) is 0 Å². The highest BCUT2D eigenvalue weighted by molar-refractivity contribution is 7.19. The molecule has 1 aliphatic heterocycles. The lowest BCUT2D eigenvalue weighted by molar-refractivity contribution is -0.134. The van der Waals surface area contributed by atoms with Crippen molar-refractivity contribution in [3.8, 4) is 5.75 Å². The molecule has 2 aromatic heterocycles. The monoisotopic (exact) mass is 430 g/mol. The van der Waals surface area contributed by atoms with E-state index in [4.69, 9.17) is 22.1 Å². The second-order valence-electron chi connectivity index (χ2n) is 7.59. The molecule has 2 N–H and O–H groups in total. The van der Waals surface area contributed by atoms with Gasteiger partial charge in [0.1, 0.15) is 22.7 Å². The van der Waals surface area contributed by atoms with E-state index in [0.717, 1.165) is 38.4 Å². The molecule has 3 aromatic rings. The van der Waals surface area contributed by atoms with Crippen LogP contribution < -0.4 is 10.5 Å². The number of ether oxygens (including phenoxy) is 1. The Bertz CT molecular complexity index is 1100. The molecule has 6 nitrogen and oxygen atoms in total. The molecule has 0 bridgehead atoms. The van der Waals surface area contributed by atoms with Crippen LogP contribution in [0.15, 0.2) is 18.5 Å². The number of carbonyl (C=O) groups excluding carboxylic acids is 1. The summed E-state index contributed by atoms with van der Waals surface area (Å²) in [5.41, 5.74) is 9.15. The lowest BCUT2D eigenvalue weighted by Gasteiger charge is -2.27. The van der Waals surface area contributed by atoms with Crippen LogP contribution in [0.1, 0.15) is 41.3 Å². The number of nitrogen functional groups attached to an aromatic ring is 1. The van der Waals surface area contributed by atoms with E-state index in [1.54, 1.807) is 11.3 Å². The molecule has 0 saturated carbocycles. The zero-order valence-corrected chi connectivity index (χ0v) is 18.2. The van der Waals surface area contributed by atoms with E-state index >= 15 is 0 Å². The van der Waals surface area contributed by atoms with E-state index in [-0.39, 0.29) is 18.4 Å². The second kappa shape index (κ2) is 7.80. The molecule has 0 spiro atoms. The first-order chi connectivity index (χ1) is 13.8. The van der Waals surface area contributed by atoms with Crippen molar-refractivity contribution >= 4 is 44.9 Å². The lowest BCUT2D eigenvalue weighted by atomic mass is 10.0. The first-order valence-corrected chi connectivity index (χ1v) is 10.8. The summed E-state index contributed by atoms with van der Waals surface area (Å²) < 4.78 is 5.93. The number of aryl methyl sites for hydroxylation is 1. The van der Waals surface area contributed by atoms with Crippen LogP contribution in [0.25, 0.3) is 10.2 Å². The number of hydrogen-bond acceptors (Lipinski definition) is 6. The van der Waals surface area contributed by atoms with Crippen molar-refractivity contribution < 1.29 is 9.53 Å². The number of hydrogen-bond donors (Lipinski definition) is 1. The van der Waals surface area contributed by atoms with Crippen molar-refractivity contribution in [3.63, 3.8) is 0 Å². The number of thiophene rings is 1. The van der Waals surface area contributed by atoms with Crippen molar-refractivity contribution in [3.05, 3.63) is 45.1 Å². The van der Waals surface area contributed by atoms with Gasteiger partial charge >= 0.3 is 0 Å². The zero-order valence-electron chi connectivity index (χ0n) is 16.7. The minimum absolute atomic E-state index is 0.00294. The van der Waals surface area contributed by atoms with E-state index in [1.165, 1.54) is 11.9 Å². The third-order valence-electron chi connectivity index (χ3n) is 5.28. The topological polar surface area (TPSA) is 81.3 Å². The number of rotatable bonds is 4. The summed E-state index contributed by atoms with van der Waals surface area (Å²) in [5.74, 6) is 1.45. The van der Waals surface area contributed by atoms with Gasteiger partial charge in [0.2, 0.25) is 0 Å². The fourth-order valence-electron chi connectivity index (χ4n) is 3.64. The molecular formula is C21H23ClN4O2S. The molecule has 4 rings (SSSR count). The Balaban J connectivity index is 1.49. The zero-order chi connectivity index (χ0) is 20.7. The van der Waals surface area contributed by atoms with Gasteiger partial charge in [-0.1, -0.05) is 25.4 Å². The number of amides is 1. The Labute approximate surface area is 178 Å². The van der Waals surface area contributed by atoms with Crippen LogP contribution in [0, 0.1) is 6.92 Å². The Morgan fingerprint density at radius 3 is 2.93 bits per heavy atom. The Morgan fingerprint density at radius 1 is 1.38 bits per heavy atom. The van der Waals surface area contributed by atoms with Crippen molar-refractivity contribution in [2.45, 2.75) is 39.7 Å². The molecule has 1 amide bonds. The minimum Gasteiger partial charge on any atom is -0.483 e. The molecule has 0 aliphatic carbocycles. The first kappa shape index (κ1) is 19.9. The molecule has 0 fully saturated rings. The largest absolute Gasteiger partial charge is 0.483 e. The highest BCUT2D eigenvalue weighted by Crippen LogP contribution is 2.36. The third-order valence-corrected chi connectivity index (χ3v) is 6.82. The van der Waals surface area contributed by atoms with Crippen LogP contribution in [-0.2, 0) is 17.8 Å². The normalized spacial score (nSPS) is 13.8. The van der Waals surface area contributed by atoms with Gasteiger partial charge in [0.05, 0.1) is 11.9 Å². The number of nitrogens with two attached hydrogens (primary N) is 1. The average Bonchev–Trinajstić information content (AvgIpc) is 3.07. The highest BCUT2D eigenvalue weighted by atomic mass is 35.5. The Hall–Kier alpha value is -2.38. The number of aromatic nitrogens is 2. The average molecular weight is 431 g/mol. The van der Waals surface area contributed by atoms with Gasteiger partial charge in [-0.15, -0.1) is 11.3 Å². The van der Waals surface area contributed by atoms with Gasteiger partial charge in [0.15, 0.2) is 6.61 Å². The molecule has 0 unspecified atom stereocenters. The van der Waals surface area contributed by atoms with Gasteiger partial charge in [-0.05, 0) is 48.1 Å². The maximum atomic E-state index is 12.8. The smallest absolute Gasteiger partial charge is 0.260 e. The number of halogens is 1.